The summed E-state index contributed by atoms with van der Waals surface area (Å²) in [4.78, 5) is 11.2. The second-order valence-corrected chi connectivity index (χ2v) is 15.6. The Hall–Kier alpha value is -1.79. The number of hydrogen-bond donors (Lipinski definition) is 0. The Morgan fingerprint density at radius 3 is 2.14 bits per heavy atom. The van der Waals surface area contributed by atoms with Gasteiger partial charge in [0.25, 0.3) is 8.32 Å². The Labute approximate surface area is 220 Å². The number of halogens is 1. The molecule has 0 N–H and O–H groups in total. The molecule has 1 aliphatic rings. The van der Waals surface area contributed by atoms with Gasteiger partial charge in [-0.2, -0.15) is 0 Å². The molecule has 2 aromatic carbocycles. The van der Waals surface area contributed by atoms with E-state index in [1.54, 1.807) is 6.08 Å². The predicted molar refractivity (Wildman–Crippen MR) is 152 cm³/mol. The fourth-order valence-corrected chi connectivity index (χ4v) is 10.3. The van der Waals surface area contributed by atoms with Crippen LogP contribution in [-0.4, -0.2) is 37.7 Å². The molecular weight excluding hydrogens is 516 g/mol. The summed E-state index contributed by atoms with van der Waals surface area (Å²) in [5, 5.41) is 2.44. The Balaban J connectivity index is 2.02. The SMILES string of the molecule is CC/C=C/C[C@@H](Br)C1C[C@H](O[Si](c2ccccc2)(c2ccccc2)C(C)(C)C)C(C/C=C/C=O)O1. The molecule has 0 amide bonds. The molecule has 5 heteroatoms. The number of aldehydes is 1. The second-order valence-electron chi connectivity index (χ2n) is 10.2. The fourth-order valence-electron chi connectivity index (χ4n) is 5.04. The lowest BCUT2D eigenvalue weighted by Gasteiger charge is -2.45. The summed E-state index contributed by atoms with van der Waals surface area (Å²) in [6.45, 7) is 9.05. The van der Waals surface area contributed by atoms with Crippen molar-refractivity contribution >= 4 is 40.9 Å². The molecule has 1 fully saturated rings. The van der Waals surface area contributed by atoms with Crippen LogP contribution in [0.3, 0.4) is 0 Å². The summed E-state index contributed by atoms with van der Waals surface area (Å²) >= 11 is 3.89. The Morgan fingerprint density at radius 1 is 1.03 bits per heavy atom. The summed E-state index contributed by atoms with van der Waals surface area (Å²) in [5.41, 5.74) is 0. The quantitative estimate of drug-likeness (QED) is 0.107. The summed E-state index contributed by atoms with van der Waals surface area (Å²) in [6.07, 6.45) is 12.0. The van der Waals surface area contributed by atoms with Crippen molar-refractivity contribution in [1.29, 1.82) is 0 Å². The molecule has 0 bridgehead atoms. The number of carbonyl (C=O) groups is 1. The maximum Gasteiger partial charge on any atom is 0.261 e. The highest BCUT2D eigenvalue weighted by atomic mass is 79.9. The van der Waals surface area contributed by atoms with E-state index < -0.39 is 8.32 Å². The number of benzene rings is 2. The number of allylic oxidation sites excluding steroid dienone is 3. The van der Waals surface area contributed by atoms with E-state index in [-0.39, 0.29) is 28.2 Å². The van der Waals surface area contributed by atoms with Gasteiger partial charge in [-0.05, 0) is 40.8 Å². The molecule has 3 nitrogen and oxygen atoms in total. The predicted octanol–water partition coefficient (Wildman–Crippen LogP) is 6.35. The van der Waals surface area contributed by atoms with Crippen LogP contribution < -0.4 is 10.4 Å². The van der Waals surface area contributed by atoms with Crippen LogP contribution in [0.1, 0.15) is 53.4 Å². The van der Waals surface area contributed by atoms with Crippen LogP contribution in [0.4, 0.5) is 0 Å². The minimum atomic E-state index is -2.70. The minimum absolute atomic E-state index is 0.0503. The first-order valence-corrected chi connectivity index (χ1v) is 15.5. The lowest BCUT2D eigenvalue weighted by molar-refractivity contribution is -0.104. The standard InChI is InChI=1S/C30H39BrO3Si/c1-5-6-9-20-26(31)28-23-29(27(33-28)21-14-15-22-32)34-35(30(2,3)4,24-16-10-7-11-17-24)25-18-12-8-13-19-25/h6-19,22,26-29H,5,20-21,23H2,1-4H3/b9-6+,15-14+/t26-,27?,28?,29+/m1/s1. The zero-order chi connectivity index (χ0) is 25.3. The molecule has 188 valence electrons. The van der Waals surface area contributed by atoms with E-state index in [9.17, 15) is 4.79 Å². The molecule has 1 aliphatic heterocycles. The fraction of sp³-hybridized carbons (Fsp3) is 0.433. The number of alkyl halides is 1. The van der Waals surface area contributed by atoms with E-state index in [0.717, 1.165) is 25.5 Å². The van der Waals surface area contributed by atoms with Crippen LogP contribution in [0.25, 0.3) is 0 Å². The Kier molecular flexibility index (Phi) is 10.3. The molecule has 1 saturated heterocycles. The molecule has 0 aliphatic carbocycles. The lowest BCUT2D eigenvalue weighted by Crippen LogP contribution is -2.68. The average molecular weight is 556 g/mol. The van der Waals surface area contributed by atoms with E-state index >= 15 is 0 Å². The van der Waals surface area contributed by atoms with Gasteiger partial charge in [0.15, 0.2) is 0 Å². The first kappa shape index (κ1) is 27.8. The second kappa shape index (κ2) is 13.0. The van der Waals surface area contributed by atoms with Crippen molar-refractivity contribution in [2.75, 3.05) is 0 Å². The number of hydrogen-bond acceptors (Lipinski definition) is 3. The first-order valence-electron chi connectivity index (χ1n) is 12.7. The Morgan fingerprint density at radius 2 is 1.63 bits per heavy atom. The highest BCUT2D eigenvalue weighted by Crippen LogP contribution is 2.41. The van der Waals surface area contributed by atoms with Crippen LogP contribution in [-0.2, 0) is 14.0 Å². The molecule has 35 heavy (non-hydrogen) atoms. The van der Waals surface area contributed by atoms with E-state index in [4.69, 9.17) is 9.16 Å². The van der Waals surface area contributed by atoms with Crippen molar-refractivity contribution in [3.8, 4) is 0 Å². The van der Waals surface area contributed by atoms with Crippen LogP contribution in [0, 0.1) is 0 Å². The summed E-state index contributed by atoms with van der Waals surface area (Å²) < 4.78 is 14.0. The molecular formula is C30H39BrO3Si. The van der Waals surface area contributed by atoms with Gasteiger partial charge in [0, 0.05) is 11.2 Å². The van der Waals surface area contributed by atoms with Crippen molar-refractivity contribution in [2.45, 2.75) is 81.6 Å². The van der Waals surface area contributed by atoms with E-state index in [1.165, 1.54) is 10.4 Å². The molecule has 1 heterocycles. The molecule has 0 aromatic heterocycles. The zero-order valence-corrected chi connectivity index (χ0v) is 24.0. The highest BCUT2D eigenvalue weighted by molar-refractivity contribution is 9.09. The van der Waals surface area contributed by atoms with Gasteiger partial charge in [0.2, 0.25) is 0 Å². The molecule has 3 rings (SSSR count). The average Bonchev–Trinajstić information content (AvgIpc) is 3.25. The van der Waals surface area contributed by atoms with Crippen molar-refractivity contribution in [3.63, 3.8) is 0 Å². The summed E-state index contributed by atoms with van der Waals surface area (Å²) in [6, 6.07) is 21.5. The van der Waals surface area contributed by atoms with Gasteiger partial charge in [0.1, 0.15) is 6.29 Å². The van der Waals surface area contributed by atoms with E-state index in [0.29, 0.717) is 6.42 Å². The molecule has 0 spiro atoms. The van der Waals surface area contributed by atoms with Crippen molar-refractivity contribution in [3.05, 3.63) is 85.0 Å². The zero-order valence-electron chi connectivity index (χ0n) is 21.4. The van der Waals surface area contributed by atoms with Crippen LogP contribution in [0.15, 0.2) is 85.0 Å². The topological polar surface area (TPSA) is 35.5 Å². The largest absolute Gasteiger partial charge is 0.402 e. The van der Waals surface area contributed by atoms with Crippen molar-refractivity contribution < 1.29 is 14.0 Å². The number of rotatable bonds is 11. The molecule has 0 saturated carbocycles. The van der Waals surface area contributed by atoms with E-state index in [2.05, 4.69) is 116 Å². The molecule has 2 aromatic rings. The van der Waals surface area contributed by atoms with Crippen LogP contribution in [0.2, 0.25) is 5.04 Å². The third kappa shape index (κ3) is 6.70. The van der Waals surface area contributed by atoms with Crippen LogP contribution >= 0.6 is 15.9 Å². The number of ether oxygens (including phenoxy) is 1. The van der Waals surface area contributed by atoms with Crippen molar-refractivity contribution in [1.82, 2.24) is 0 Å². The first-order chi connectivity index (χ1) is 16.8. The summed E-state index contributed by atoms with van der Waals surface area (Å²) in [5.74, 6) is 0. The maximum atomic E-state index is 10.9. The van der Waals surface area contributed by atoms with Gasteiger partial charge in [-0.3, -0.25) is 4.79 Å². The van der Waals surface area contributed by atoms with Gasteiger partial charge in [-0.15, -0.1) is 0 Å². The smallest absolute Gasteiger partial charge is 0.261 e. The monoisotopic (exact) mass is 554 g/mol. The number of carbonyl (C=O) groups excluding carboxylic acids is 1. The Bertz CT molecular complexity index is 929. The third-order valence-corrected chi connectivity index (χ3v) is 12.7. The van der Waals surface area contributed by atoms with Crippen LogP contribution in [0.5, 0.6) is 0 Å². The maximum absolute atomic E-state index is 10.9. The summed E-state index contributed by atoms with van der Waals surface area (Å²) in [7, 11) is -2.70. The van der Waals surface area contributed by atoms with Crippen molar-refractivity contribution in [2.24, 2.45) is 0 Å². The lowest BCUT2D eigenvalue weighted by atomic mass is 10.1. The van der Waals surface area contributed by atoms with Gasteiger partial charge in [-0.1, -0.05) is 123 Å². The van der Waals surface area contributed by atoms with Gasteiger partial charge < -0.3 is 9.16 Å². The molecule has 0 radical (unpaired) electrons. The molecule has 4 atom stereocenters. The normalized spacial score (nSPS) is 22.1. The highest BCUT2D eigenvalue weighted by Gasteiger charge is 2.53. The van der Waals surface area contributed by atoms with Gasteiger partial charge in [0.05, 0.1) is 18.3 Å². The minimum Gasteiger partial charge on any atom is -0.402 e. The third-order valence-electron chi connectivity index (χ3n) is 6.72. The molecule has 2 unspecified atom stereocenters. The van der Waals surface area contributed by atoms with Gasteiger partial charge in [-0.25, -0.2) is 0 Å². The van der Waals surface area contributed by atoms with Gasteiger partial charge >= 0.3 is 0 Å². The van der Waals surface area contributed by atoms with E-state index in [1.807, 2.05) is 6.08 Å².